The molecule has 1 saturated carbocycles. The highest BCUT2D eigenvalue weighted by Crippen LogP contribution is 2.38. The zero-order chi connectivity index (χ0) is 19.3. The molecule has 1 aliphatic carbocycles. The van der Waals surface area contributed by atoms with E-state index in [0.717, 1.165) is 37.7 Å². The molecule has 4 rings (SSSR count). The highest BCUT2D eigenvalue weighted by Gasteiger charge is 2.44. The van der Waals surface area contributed by atoms with Gasteiger partial charge in [-0.25, -0.2) is 0 Å². The standard InChI is InChI=1S/C24H28N2O2/c27-23(25-17-16-18-10-4-3-5-11-18)22-20-14-8-9-15-21(20)24(28)26(22)19-12-6-1-2-7-13-19/h3-5,8-11,14-15,19,22H,1-2,6-7,12-13,16-17H2,(H,25,27). The van der Waals surface area contributed by atoms with Crippen LogP contribution in [-0.2, 0) is 11.2 Å². The fraction of sp³-hybridized carbons (Fsp3) is 0.417. The maximum atomic E-state index is 13.2. The summed E-state index contributed by atoms with van der Waals surface area (Å²) in [6, 6.07) is 17.4. The van der Waals surface area contributed by atoms with Gasteiger partial charge in [0.25, 0.3) is 5.91 Å². The lowest BCUT2D eigenvalue weighted by atomic mass is 10.0. The highest BCUT2D eigenvalue weighted by atomic mass is 16.2. The Hall–Kier alpha value is -2.62. The van der Waals surface area contributed by atoms with Gasteiger partial charge in [0, 0.05) is 18.2 Å². The number of hydrogen-bond acceptors (Lipinski definition) is 2. The molecule has 1 aliphatic heterocycles. The molecule has 0 spiro atoms. The molecule has 2 aromatic carbocycles. The number of amides is 2. The van der Waals surface area contributed by atoms with E-state index in [1.807, 2.05) is 47.4 Å². The lowest BCUT2D eigenvalue weighted by Gasteiger charge is -2.32. The predicted molar refractivity (Wildman–Crippen MR) is 110 cm³/mol. The van der Waals surface area contributed by atoms with Crippen LogP contribution in [0.2, 0.25) is 0 Å². The van der Waals surface area contributed by atoms with Crippen LogP contribution in [0.3, 0.4) is 0 Å². The molecule has 1 N–H and O–H groups in total. The minimum Gasteiger partial charge on any atom is -0.354 e. The van der Waals surface area contributed by atoms with Crippen LogP contribution < -0.4 is 5.32 Å². The third-order valence-corrected chi connectivity index (χ3v) is 6.02. The summed E-state index contributed by atoms with van der Waals surface area (Å²) in [5.41, 5.74) is 2.75. The number of rotatable bonds is 5. The van der Waals surface area contributed by atoms with E-state index in [2.05, 4.69) is 17.4 Å². The minimum absolute atomic E-state index is 0.0192. The second kappa shape index (κ2) is 8.59. The Bertz CT molecular complexity index is 826. The quantitative estimate of drug-likeness (QED) is 0.793. The number of nitrogens with zero attached hydrogens (tertiary/aromatic N) is 1. The van der Waals surface area contributed by atoms with E-state index in [0.29, 0.717) is 12.1 Å². The number of nitrogens with one attached hydrogen (secondary N) is 1. The van der Waals surface area contributed by atoms with Crippen LogP contribution in [0, 0.1) is 0 Å². The van der Waals surface area contributed by atoms with E-state index in [1.54, 1.807) is 0 Å². The second-order valence-electron chi connectivity index (χ2n) is 7.87. The molecule has 4 heteroatoms. The summed E-state index contributed by atoms with van der Waals surface area (Å²) < 4.78 is 0. The van der Waals surface area contributed by atoms with Gasteiger partial charge in [-0.1, -0.05) is 74.2 Å². The van der Waals surface area contributed by atoms with E-state index in [9.17, 15) is 9.59 Å². The van der Waals surface area contributed by atoms with Crippen molar-refractivity contribution in [3.05, 3.63) is 71.3 Å². The van der Waals surface area contributed by atoms with Gasteiger partial charge in [-0.3, -0.25) is 9.59 Å². The monoisotopic (exact) mass is 376 g/mol. The van der Waals surface area contributed by atoms with Crippen LogP contribution in [0.4, 0.5) is 0 Å². The topological polar surface area (TPSA) is 49.4 Å². The molecule has 1 heterocycles. The Kier molecular flexibility index (Phi) is 5.75. The van der Waals surface area contributed by atoms with Gasteiger partial charge >= 0.3 is 0 Å². The van der Waals surface area contributed by atoms with E-state index < -0.39 is 6.04 Å². The molecular formula is C24H28N2O2. The lowest BCUT2D eigenvalue weighted by molar-refractivity contribution is -0.126. The van der Waals surface area contributed by atoms with Gasteiger partial charge in [0.05, 0.1) is 0 Å². The molecule has 0 aromatic heterocycles. The van der Waals surface area contributed by atoms with Gasteiger partial charge in [-0.05, 0) is 36.5 Å². The number of carbonyl (C=O) groups is 2. The molecule has 0 saturated heterocycles. The Balaban J connectivity index is 1.52. The zero-order valence-corrected chi connectivity index (χ0v) is 16.3. The largest absolute Gasteiger partial charge is 0.354 e. The summed E-state index contributed by atoms with van der Waals surface area (Å²) in [5.74, 6) is -0.0378. The van der Waals surface area contributed by atoms with Gasteiger partial charge < -0.3 is 10.2 Å². The predicted octanol–water partition coefficient (Wildman–Crippen LogP) is 4.27. The summed E-state index contributed by atoms with van der Waals surface area (Å²) in [7, 11) is 0. The number of carbonyl (C=O) groups excluding carboxylic acids is 2. The Labute approximate surface area is 166 Å². The number of benzene rings is 2. The first-order valence-corrected chi connectivity index (χ1v) is 10.5. The zero-order valence-electron chi connectivity index (χ0n) is 16.3. The fourth-order valence-electron chi connectivity index (χ4n) is 4.59. The summed E-state index contributed by atoms with van der Waals surface area (Å²) in [6.45, 7) is 0.578. The van der Waals surface area contributed by atoms with Gasteiger partial charge in [0.15, 0.2) is 0 Å². The SMILES string of the molecule is O=C(NCCc1ccccc1)C1c2ccccc2C(=O)N1C1CCCCCC1. The van der Waals surface area contributed by atoms with E-state index in [-0.39, 0.29) is 17.9 Å². The smallest absolute Gasteiger partial charge is 0.255 e. The summed E-state index contributed by atoms with van der Waals surface area (Å²) in [5, 5.41) is 3.09. The Morgan fingerprint density at radius 2 is 1.61 bits per heavy atom. The maximum Gasteiger partial charge on any atom is 0.255 e. The molecule has 1 atom stereocenters. The molecule has 2 amide bonds. The average Bonchev–Trinajstić information content (AvgIpc) is 2.88. The third kappa shape index (κ3) is 3.82. The van der Waals surface area contributed by atoms with Crippen molar-refractivity contribution in [3.63, 3.8) is 0 Å². The van der Waals surface area contributed by atoms with Gasteiger partial charge in [0.2, 0.25) is 5.91 Å². The van der Waals surface area contributed by atoms with E-state index in [1.165, 1.54) is 18.4 Å². The van der Waals surface area contributed by atoms with Crippen molar-refractivity contribution in [3.8, 4) is 0 Å². The molecule has 1 fully saturated rings. The van der Waals surface area contributed by atoms with Crippen molar-refractivity contribution in [1.82, 2.24) is 10.2 Å². The summed E-state index contributed by atoms with van der Waals surface area (Å²) in [6.07, 6.45) is 7.48. The fourth-order valence-corrected chi connectivity index (χ4v) is 4.59. The third-order valence-electron chi connectivity index (χ3n) is 6.02. The molecule has 146 valence electrons. The molecule has 2 aromatic rings. The van der Waals surface area contributed by atoms with Crippen LogP contribution in [-0.4, -0.2) is 29.3 Å². The molecule has 28 heavy (non-hydrogen) atoms. The Morgan fingerprint density at radius 3 is 2.36 bits per heavy atom. The molecule has 0 bridgehead atoms. The number of fused-ring (bicyclic) bond motifs is 1. The van der Waals surface area contributed by atoms with Crippen molar-refractivity contribution in [2.24, 2.45) is 0 Å². The van der Waals surface area contributed by atoms with Gasteiger partial charge in [0.1, 0.15) is 6.04 Å². The van der Waals surface area contributed by atoms with E-state index >= 15 is 0 Å². The maximum absolute atomic E-state index is 13.2. The molecule has 1 unspecified atom stereocenters. The Morgan fingerprint density at radius 1 is 0.929 bits per heavy atom. The van der Waals surface area contributed by atoms with Crippen molar-refractivity contribution in [2.75, 3.05) is 6.54 Å². The minimum atomic E-state index is -0.498. The van der Waals surface area contributed by atoms with Crippen LogP contribution in [0.5, 0.6) is 0 Å². The van der Waals surface area contributed by atoms with Crippen LogP contribution >= 0.6 is 0 Å². The first kappa shape index (κ1) is 18.7. The summed E-state index contributed by atoms with van der Waals surface area (Å²) in [4.78, 5) is 28.2. The van der Waals surface area contributed by atoms with Gasteiger partial charge in [-0.15, -0.1) is 0 Å². The second-order valence-corrected chi connectivity index (χ2v) is 7.87. The van der Waals surface area contributed by atoms with Crippen molar-refractivity contribution >= 4 is 11.8 Å². The lowest BCUT2D eigenvalue weighted by Crippen LogP contribution is -2.45. The summed E-state index contributed by atoms with van der Waals surface area (Å²) >= 11 is 0. The van der Waals surface area contributed by atoms with Crippen LogP contribution in [0.1, 0.15) is 66.1 Å². The molecule has 0 radical (unpaired) electrons. The normalized spacial score (nSPS) is 19.9. The van der Waals surface area contributed by atoms with Crippen LogP contribution in [0.15, 0.2) is 54.6 Å². The first-order valence-electron chi connectivity index (χ1n) is 10.5. The van der Waals surface area contributed by atoms with Crippen molar-refractivity contribution in [2.45, 2.75) is 57.0 Å². The molecule has 2 aliphatic rings. The van der Waals surface area contributed by atoms with E-state index in [4.69, 9.17) is 0 Å². The van der Waals surface area contributed by atoms with Crippen molar-refractivity contribution in [1.29, 1.82) is 0 Å². The van der Waals surface area contributed by atoms with Crippen molar-refractivity contribution < 1.29 is 9.59 Å². The first-order chi connectivity index (χ1) is 13.8. The molecular weight excluding hydrogens is 348 g/mol. The average molecular weight is 377 g/mol. The molecule has 4 nitrogen and oxygen atoms in total. The van der Waals surface area contributed by atoms with Crippen LogP contribution in [0.25, 0.3) is 0 Å². The van der Waals surface area contributed by atoms with Gasteiger partial charge in [-0.2, -0.15) is 0 Å². The highest BCUT2D eigenvalue weighted by molar-refractivity contribution is 6.04. The number of hydrogen-bond donors (Lipinski definition) is 1.